The normalized spacial score (nSPS) is 10.7. The van der Waals surface area contributed by atoms with Crippen LogP contribution in [0.2, 0.25) is 0 Å². The minimum absolute atomic E-state index is 0.0985. The topological polar surface area (TPSA) is 78.1 Å². The predicted molar refractivity (Wildman–Crippen MR) is 100 cm³/mol. The second-order valence-electron chi connectivity index (χ2n) is 6.01. The summed E-state index contributed by atoms with van der Waals surface area (Å²) in [5, 5.41) is 10.2. The van der Waals surface area contributed by atoms with E-state index in [1.54, 1.807) is 12.1 Å². The zero-order chi connectivity index (χ0) is 19.1. The van der Waals surface area contributed by atoms with Gasteiger partial charge in [0.2, 0.25) is 0 Å². The first-order valence-electron chi connectivity index (χ1n) is 8.86. The number of ether oxygens (including phenoxy) is 3. The number of phenols is 1. The molecule has 27 heavy (non-hydrogen) atoms. The number of fused-ring (bicyclic) bond motifs is 1. The molecule has 1 heterocycles. The Labute approximate surface area is 157 Å². The third kappa shape index (κ3) is 5.17. The molecule has 6 heteroatoms. The van der Waals surface area contributed by atoms with Gasteiger partial charge in [0.05, 0.1) is 19.3 Å². The highest BCUT2D eigenvalue weighted by atomic mass is 16.6. The highest BCUT2D eigenvalue weighted by Crippen LogP contribution is 2.25. The molecule has 3 rings (SSSR count). The molecule has 0 aliphatic rings. The molecule has 0 aliphatic carbocycles. The van der Waals surface area contributed by atoms with Crippen molar-refractivity contribution in [2.45, 2.75) is 19.8 Å². The van der Waals surface area contributed by atoms with Crippen molar-refractivity contribution in [3.05, 3.63) is 54.3 Å². The van der Waals surface area contributed by atoms with Crippen LogP contribution in [-0.2, 0) is 16.0 Å². The van der Waals surface area contributed by atoms with Gasteiger partial charge in [0.15, 0.2) is 0 Å². The lowest BCUT2D eigenvalue weighted by Gasteiger charge is -2.08. The molecule has 0 atom stereocenters. The van der Waals surface area contributed by atoms with Crippen molar-refractivity contribution in [1.29, 1.82) is 0 Å². The van der Waals surface area contributed by atoms with Crippen LogP contribution in [0, 0.1) is 0 Å². The minimum Gasteiger partial charge on any atom is -0.508 e. The summed E-state index contributed by atoms with van der Waals surface area (Å²) in [5.74, 6) is 1.25. The Balaban J connectivity index is 1.41. The zero-order valence-electron chi connectivity index (χ0n) is 15.1. The number of esters is 1. The molecule has 1 N–H and O–H groups in total. The van der Waals surface area contributed by atoms with Crippen LogP contribution >= 0.6 is 0 Å². The monoisotopic (exact) mass is 370 g/mol. The summed E-state index contributed by atoms with van der Waals surface area (Å²) < 4.78 is 21.6. The molecule has 142 valence electrons. The Morgan fingerprint density at radius 2 is 1.70 bits per heavy atom. The summed E-state index contributed by atoms with van der Waals surface area (Å²) in [7, 11) is 0. The van der Waals surface area contributed by atoms with Crippen molar-refractivity contribution in [2.24, 2.45) is 0 Å². The largest absolute Gasteiger partial charge is 0.508 e. The quantitative estimate of drug-likeness (QED) is 0.451. The molecule has 0 amide bonds. The number of hydrogen-bond donors (Lipinski definition) is 1. The summed E-state index contributed by atoms with van der Waals surface area (Å²) in [6.45, 7) is 3.16. The second kappa shape index (κ2) is 8.98. The Bertz CT molecular complexity index is 881. The molecule has 0 fully saturated rings. The molecule has 0 saturated carbocycles. The second-order valence-corrected chi connectivity index (χ2v) is 6.01. The average molecular weight is 370 g/mol. The number of furan rings is 1. The SMILES string of the molecule is CCCOc1ccc(OCCOC(=O)Cc2coc3cc(O)ccc23)cc1. The average Bonchev–Trinajstić information content (AvgIpc) is 3.06. The van der Waals surface area contributed by atoms with Crippen LogP contribution in [0.25, 0.3) is 11.0 Å². The third-order valence-corrected chi connectivity index (χ3v) is 3.89. The molecular formula is C21H22O6. The summed E-state index contributed by atoms with van der Waals surface area (Å²) in [6, 6.07) is 12.1. The van der Waals surface area contributed by atoms with Gasteiger partial charge in [-0.2, -0.15) is 0 Å². The van der Waals surface area contributed by atoms with Crippen molar-refractivity contribution in [1.82, 2.24) is 0 Å². The maximum absolute atomic E-state index is 12.0. The van der Waals surface area contributed by atoms with Gasteiger partial charge in [0.1, 0.15) is 36.0 Å². The van der Waals surface area contributed by atoms with Crippen LogP contribution in [0.3, 0.4) is 0 Å². The Hall–Kier alpha value is -3.15. The van der Waals surface area contributed by atoms with E-state index in [0.717, 1.165) is 23.1 Å². The van der Waals surface area contributed by atoms with E-state index in [2.05, 4.69) is 6.92 Å². The molecule has 3 aromatic rings. The fourth-order valence-corrected chi connectivity index (χ4v) is 2.58. The molecule has 0 saturated heterocycles. The van der Waals surface area contributed by atoms with Gasteiger partial charge in [-0.15, -0.1) is 0 Å². The van der Waals surface area contributed by atoms with Gasteiger partial charge in [0, 0.05) is 17.0 Å². The van der Waals surface area contributed by atoms with E-state index in [-0.39, 0.29) is 31.4 Å². The Morgan fingerprint density at radius 3 is 2.41 bits per heavy atom. The van der Waals surface area contributed by atoms with E-state index in [4.69, 9.17) is 18.6 Å². The molecule has 0 bridgehead atoms. The minimum atomic E-state index is -0.363. The van der Waals surface area contributed by atoms with Gasteiger partial charge in [-0.3, -0.25) is 4.79 Å². The Morgan fingerprint density at radius 1 is 1.00 bits per heavy atom. The van der Waals surface area contributed by atoms with Crippen LogP contribution in [-0.4, -0.2) is 30.9 Å². The van der Waals surface area contributed by atoms with E-state index < -0.39 is 0 Å². The first-order valence-corrected chi connectivity index (χ1v) is 8.86. The number of phenolic OH excluding ortho intramolecular Hbond substituents is 1. The fourth-order valence-electron chi connectivity index (χ4n) is 2.58. The number of carbonyl (C=O) groups is 1. The lowest BCUT2D eigenvalue weighted by atomic mass is 10.1. The molecule has 2 aromatic carbocycles. The summed E-state index contributed by atoms with van der Waals surface area (Å²) in [6.07, 6.45) is 2.56. The first kappa shape index (κ1) is 18.6. The standard InChI is InChI=1S/C21H22O6/c1-2-9-24-17-4-6-18(7-5-17)25-10-11-26-21(23)12-15-14-27-20-13-16(22)3-8-19(15)20/h3-8,13-14,22H,2,9-12H2,1H3. The van der Waals surface area contributed by atoms with Gasteiger partial charge in [-0.1, -0.05) is 6.92 Å². The van der Waals surface area contributed by atoms with Crippen molar-refractivity contribution < 1.29 is 28.5 Å². The van der Waals surface area contributed by atoms with Gasteiger partial charge in [0.25, 0.3) is 0 Å². The van der Waals surface area contributed by atoms with Gasteiger partial charge >= 0.3 is 5.97 Å². The van der Waals surface area contributed by atoms with E-state index >= 15 is 0 Å². The smallest absolute Gasteiger partial charge is 0.310 e. The zero-order valence-corrected chi connectivity index (χ0v) is 15.1. The number of aromatic hydroxyl groups is 1. The van der Waals surface area contributed by atoms with Crippen LogP contribution in [0.1, 0.15) is 18.9 Å². The van der Waals surface area contributed by atoms with Crippen molar-refractivity contribution in [3.8, 4) is 17.2 Å². The molecule has 1 aromatic heterocycles. The maximum Gasteiger partial charge on any atom is 0.310 e. The van der Waals surface area contributed by atoms with Crippen LogP contribution in [0.4, 0.5) is 0 Å². The highest BCUT2D eigenvalue weighted by molar-refractivity contribution is 5.86. The number of carbonyl (C=O) groups excluding carboxylic acids is 1. The van der Waals surface area contributed by atoms with Gasteiger partial charge in [-0.05, 0) is 42.8 Å². The maximum atomic E-state index is 12.0. The van der Waals surface area contributed by atoms with Crippen LogP contribution < -0.4 is 9.47 Å². The lowest BCUT2D eigenvalue weighted by Crippen LogP contribution is -2.13. The fraction of sp³-hybridized carbons (Fsp3) is 0.286. The van der Waals surface area contributed by atoms with Crippen LogP contribution in [0.5, 0.6) is 17.2 Å². The predicted octanol–water partition coefficient (Wildman–Crippen LogP) is 4.09. The molecular weight excluding hydrogens is 348 g/mol. The molecule has 6 nitrogen and oxygen atoms in total. The van der Waals surface area contributed by atoms with E-state index in [1.807, 2.05) is 24.3 Å². The number of benzene rings is 2. The van der Waals surface area contributed by atoms with E-state index in [0.29, 0.717) is 17.9 Å². The highest BCUT2D eigenvalue weighted by Gasteiger charge is 2.12. The van der Waals surface area contributed by atoms with Crippen molar-refractivity contribution in [2.75, 3.05) is 19.8 Å². The van der Waals surface area contributed by atoms with E-state index in [1.165, 1.54) is 12.3 Å². The molecule has 0 radical (unpaired) electrons. The number of hydrogen-bond acceptors (Lipinski definition) is 6. The molecule has 0 spiro atoms. The van der Waals surface area contributed by atoms with Crippen LogP contribution in [0.15, 0.2) is 53.1 Å². The summed E-state index contributed by atoms with van der Waals surface area (Å²) >= 11 is 0. The van der Waals surface area contributed by atoms with E-state index in [9.17, 15) is 9.90 Å². The molecule has 0 aliphatic heterocycles. The summed E-state index contributed by atoms with van der Waals surface area (Å²) in [4.78, 5) is 12.0. The molecule has 0 unspecified atom stereocenters. The lowest BCUT2D eigenvalue weighted by molar-refractivity contribution is -0.143. The summed E-state index contributed by atoms with van der Waals surface area (Å²) in [5.41, 5.74) is 1.26. The van der Waals surface area contributed by atoms with Crippen molar-refractivity contribution >= 4 is 16.9 Å². The third-order valence-electron chi connectivity index (χ3n) is 3.89. The Kier molecular flexibility index (Phi) is 6.20. The van der Waals surface area contributed by atoms with Gasteiger partial charge < -0.3 is 23.7 Å². The van der Waals surface area contributed by atoms with Gasteiger partial charge in [-0.25, -0.2) is 0 Å². The van der Waals surface area contributed by atoms with Crippen molar-refractivity contribution in [3.63, 3.8) is 0 Å². The number of rotatable bonds is 9. The first-order chi connectivity index (χ1) is 13.2.